The summed E-state index contributed by atoms with van der Waals surface area (Å²) in [4.78, 5) is 36.8. The second-order valence-electron chi connectivity index (χ2n) is 6.81. The van der Waals surface area contributed by atoms with Gasteiger partial charge in [0.2, 0.25) is 5.43 Å². The molecule has 1 aliphatic heterocycles. The van der Waals surface area contributed by atoms with Crippen LogP contribution in [0.5, 0.6) is 5.75 Å². The molecule has 1 saturated heterocycles. The molecule has 1 N–H and O–H groups in total. The highest BCUT2D eigenvalue weighted by atomic mass is 16.5. The number of alkyl carbamates (subject to hydrolysis) is 1. The molecule has 0 unspecified atom stereocenters. The van der Waals surface area contributed by atoms with Gasteiger partial charge in [-0.3, -0.25) is 4.79 Å². The van der Waals surface area contributed by atoms with Crippen LogP contribution in [0.1, 0.15) is 27.7 Å². The Balaban J connectivity index is 1.80. The number of benzene rings is 1. The van der Waals surface area contributed by atoms with Gasteiger partial charge in [-0.25, -0.2) is 9.59 Å². The highest BCUT2D eigenvalue weighted by molar-refractivity contribution is 5.89. The van der Waals surface area contributed by atoms with Gasteiger partial charge in [0.25, 0.3) is 0 Å². The molecular weight excluding hydrogens is 392 g/mol. The molecule has 0 aliphatic carbocycles. The lowest BCUT2D eigenvalue weighted by Gasteiger charge is -2.25. The number of nitrogens with one attached hydrogen (secondary N) is 1. The van der Waals surface area contributed by atoms with Crippen LogP contribution < -0.4 is 15.5 Å². The summed E-state index contributed by atoms with van der Waals surface area (Å²) in [6.07, 6.45) is 0.827. The minimum atomic E-state index is -0.766. The van der Waals surface area contributed by atoms with Crippen LogP contribution in [0, 0.1) is 6.92 Å². The second kappa shape index (κ2) is 9.45. The van der Waals surface area contributed by atoms with Crippen LogP contribution in [0.4, 0.5) is 4.79 Å². The third-order valence-electron chi connectivity index (χ3n) is 4.97. The van der Waals surface area contributed by atoms with Gasteiger partial charge in [0, 0.05) is 6.20 Å². The van der Waals surface area contributed by atoms with E-state index >= 15 is 0 Å². The van der Waals surface area contributed by atoms with Crippen molar-refractivity contribution in [3.8, 4) is 5.75 Å². The molecule has 1 fully saturated rings. The van der Waals surface area contributed by atoms with Crippen molar-refractivity contribution in [2.24, 2.45) is 0 Å². The quantitative estimate of drug-likeness (QED) is 0.716. The first-order valence-electron chi connectivity index (χ1n) is 9.39. The van der Waals surface area contributed by atoms with Crippen molar-refractivity contribution in [1.29, 1.82) is 0 Å². The van der Waals surface area contributed by atoms with Crippen LogP contribution in [0.2, 0.25) is 0 Å². The molecule has 1 amide bonds. The maximum atomic E-state index is 12.5. The summed E-state index contributed by atoms with van der Waals surface area (Å²) in [6.45, 7) is 2.37. The minimum Gasteiger partial charge on any atom is -0.491 e. The summed E-state index contributed by atoms with van der Waals surface area (Å²) in [6, 6.07) is 8.54. The lowest BCUT2D eigenvalue weighted by Crippen LogP contribution is -2.42. The number of esters is 1. The average molecular weight is 416 g/mol. The van der Waals surface area contributed by atoms with E-state index in [1.165, 1.54) is 20.4 Å². The number of carbonyl (C=O) groups excluding carboxylic acids is 2. The number of nitrogens with zero attached hydrogens (tertiary/aromatic N) is 1. The number of ether oxygens (including phenoxy) is 4. The number of hydrogen-bond acceptors (Lipinski definition) is 7. The second-order valence-corrected chi connectivity index (χ2v) is 6.81. The standard InChI is InChI=1S/C21H24N2O7/c1-13-19(27-2)18(24)15(20(25)28-3)9-23(13)17-12-29-11-16(17)22-21(26)30-10-14-7-5-4-6-8-14/h4-9,16-17H,10-12H2,1-3H3,(H,22,26)/t16-,17+/m0/s1. The lowest BCUT2D eigenvalue weighted by molar-refractivity contribution is 0.0597. The molecule has 3 rings (SSSR count). The molecular formula is C21H24N2O7. The van der Waals surface area contributed by atoms with Gasteiger partial charge in [-0.2, -0.15) is 0 Å². The van der Waals surface area contributed by atoms with Crippen molar-refractivity contribution < 1.29 is 28.5 Å². The van der Waals surface area contributed by atoms with Crippen LogP contribution in [-0.4, -0.2) is 50.1 Å². The maximum Gasteiger partial charge on any atom is 0.407 e. The van der Waals surface area contributed by atoms with E-state index in [0.717, 1.165) is 5.56 Å². The summed E-state index contributed by atoms with van der Waals surface area (Å²) < 4.78 is 22.5. The Morgan fingerprint density at radius 3 is 2.60 bits per heavy atom. The van der Waals surface area contributed by atoms with Gasteiger partial charge in [0.15, 0.2) is 5.75 Å². The third-order valence-corrected chi connectivity index (χ3v) is 4.97. The van der Waals surface area contributed by atoms with Gasteiger partial charge >= 0.3 is 12.1 Å². The zero-order chi connectivity index (χ0) is 21.7. The third kappa shape index (κ3) is 4.46. The predicted octanol–water partition coefficient (Wildman–Crippen LogP) is 1.82. The summed E-state index contributed by atoms with van der Waals surface area (Å²) in [5.74, 6) is -0.729. The van der Waals surface area contributed by atoms with Crippen molar-refractivity contribution in [2.45, 2.75) is 25.6 Å². The van der Waals surface area contributed by atoms with Crippen molar-refractivity contribution in [2.75, 3.05) is 27.4 Å². The number of carbonyl (C=O) groups is 2. The van der Waals surface area contributed by atoms with E-state index in [9.17, 15) is 14.4 Å². The van der Waals surface area contributed by atoms with Crippen molar-refractivity contribution in [3.63, 3.8) is 0 Å². The fourth-order valence-corrected chi connectivity index (χ4v) is 3.41. The molecule has 2 aromatic rings. The molecule has 0 spiro atoms. The topological polar surface area (TPSA) is 105 Å². The molecule has 2 heterocycles. The van der Waals surface area contributed by atoms with Crippen molar-refractivity contribution in [1.82, 2.24) is 9.88 Å². The van der Waals surface area contributed by atoms with Gasteiger partial charge in [0.05, 0.1) is 45.2 Å². The summed E-state index contributed by atoms with van der Waals surface area (Å²) in [7, 11) is 2.56. The normalized spacial score (nSPS) is 18.0. The summed E-state index contributed by atoms with van der Waals surface area (Å²) in [5, 5.41) is 2.80. The molecule has 1 aromatic carbocycles. The Kier molecular flexibility index (Phi) is 6.73. The number of pyridine rings is 1. The number of aromatic nitrogens is 1. The Labute approximate surface area is 173 Å². The van der Waals surface area contributed by atoms with E-state index in [1.807, 2.05) is 30.3 Å². The molecule has 0 radical (unpaired) electrons. The van der Waals surface area contributed by atoms with Gasteiger partial charge in [0.1, 0.15) is 12.2 Å². The van der Waals surface area contributed by atoms with Gasteiger partial charge in [-0.15, -0.1) is 0 Å². The Morgan fingerprint density at radius 1 is 1.20 bits per heavy atom. The lowest BCUT2D eigenvalue weighted by atomic mass is 10.1. The van der Waals surface area contributed by atoms with Gasteiger partial charge in [-0.1, -0.05) is 30.3 Å². The highest BCUT2D eigenvalue weighted by Gasteiger charge is 2.33. The summed E-state index contributed by atoms with van der Waals surface area (Å²) in [5.41, 5.74) is 0.673. The molecule has 1 aliphatic rings. The van der Waals surface area contributed by atoms with E-state index in [1.54, 1.807) is 11.5 Å². The molecule has 30 heavy (non-hydrogen) atoms. The van der Waals surface area contributed by atoms with Gasteiger partial charge < -0.3 is 28.8 Å². The van der Waals surface area contributed by atoms with Gasteiger partial charge in [-0.05, 0) is 12.5 Å². The first kappa shape index (κ1) is 21.4. The Morgan fingerprint density at radius 2 is 1.93 bits per heavy atom. The number of amides is 1. The van der Waals surface area contributed by atoms with Crippen molar-refractivity contribution >= 4 is 12.1 Å². The predicted molar refractivity (Wildman–Crippen MR) is 107 cm³/mol. The van der Waals surface area contributed by atoms with Crippen LogP contribution in [0.25, 0.3) is 0 Å². The monoisotopic (exact) mass is 416 g/mol. The largest absolute Gasteiger partial charge is 0.491 e. The summed E-state index contributed by atoms with van der Waals surface area (Å²) >= 11 is 0. The van der Waals surface area contributed by atoms with Crippen LogP contribution >= 0.6 is 0 Å². The zero-order valence-electron chi connectivity index (χ0n) is 17.0. The fraction of sp³-hybridized carbons (Fsp3) is 0.381. The number of rotatable bonds is 6. The highest BCUT2D eigenvalue weighted by Crippen LogP contribution is 2.25. The number of hydrogen-bond donors (Lipinski definition) is 1. The van der Waals surface area contributed by atoms with Crippen LogP contribution in [0.15, 0.2) is 41.3 Å². The molecule has 9 heteroatoms. The van der Waals surface area contributed by atoms with E-state index < -0.39 is 23.5 Å². The molecule has 1 aromatic heterocycles. The van der Waals surface area contributed by atoms with E-state index in [0.29, 0.717) is 5.69 Å². The average Bonchev–Trinajstić information content (AvgIpc) is 3.20. The van der Waals surface area contributed by atoms with E-state index in [2.05, 4.69) is 5.32 Å². The maximum absolute atomic E-state index is 12.5. The van der Waals surface area contributed by atoms with E-state index in [4.69, 9.17) is 18.9 Å². The number of methoxy groups -OCH3 is 2. The smallest absolute Gasteiger partial charge is 0.407 e. The minimum absolute atomic E-state index is 0.0372. The van der Waals surface area contributed by atoms with Crippen molar-refractivity contribution in [3.05, 3.63) is 63.6 Å². The Bertz CT molecular complexity index is 971. The molecule has 9 nitrogen and oxygen atoms in total. The van der Waals surface area contributed by atoms with Crippen LogP contribution in [-0.2, 0) is 20.8 Å². The SMILES string of the molecule is COC(=O)c1cn([C@@H]2COC[C@@H]2NC(=O)OCc2ccccc2)c(C)c(OC)c1=O. The van der Waals surface area contributed by atoms with E-state index in [-0.39, 0.29) is 37.2 Å². The van der Waals surface area contributed by atoms with Crippen LogP contribution in [0.3, 0.4) is 0 Å². The molecule has 0 saturated carbocycles. The molecule has 0 bridgehead atoms. The first-order valence-corrected chi connectivity index (χ1v) is 9.39. The molecule has 2 atom stereocenters. The fourth-order valence-electron chi connectivity index (χ4n) is 3.41. The molecule has 160 valence electrons. The first-order chi connectivity index (χ1) is 14.5. The Hall–Kier alpha value is -3.33. The zero-order valence-corrected chi connectivity index (χ0v) is 17.0.